The van der Waals surface area contributed by atoms with Gasteiger partial charge >= 0.3 is 11.9 Å². The summed E-state index contributed by atoms with van der Waals surface area (Å²) < 4.78 is 20.8. The topological polar surface area (TPSA) is 117 Å². The minimum Gasteiger partial charge on any atom is -0.486 e. The van der Waals surface area contributed by atoms with Crippen LogP contribution in [-0.2, 0) is 14.3 Å². The van der Waals surface area contributed by atoms with Gasteiger partial charge in [0.1, 0.15) is 13.2 Å². The standard InChI is InChI=1S/C26H21NO8/c1-32-25(30)17-5-4-6-18(13-17)27-23(28)15-35-26(31)20-8-3-2-7-19(20)24(29)16-9-10-21-22(14-16)34-12-11-33-21/h2-10,13-14H,11-12,15H2,1H3,(H,27,28). The number of esters is 2. The second-order valence-electron chi connectivity index (χ2n) is 7.43. The van der Waals surface area contributed by atoms with Gasteiger partial charge in [-0.1, -0.05) is 24.3 Å². The molecular weight excluding hydrogens is 454 g/mol. The maximum atomic E-state index is 13.1. The lowest BCUT2D eigenvalue weighted by molar-refractivity contribution is -0.119. The van der Waals surface area contributed by atoms with Crippen molar-refractivity contribution in [1.29, 1.82) is 0 Å². The summed E-state index contributed by atoms with van der Waals surface area (Å²) in [6.07, 6.45) is 0. The van der Waals surface area contributed by atoms with E-state index in [9.17, 15) is 19.2 Å². The Morgan fingerprint density at radius 3 is 2.31 bits per heavy atom. The third-order valence-corrected chi connectivity index (χ3v) is 5.10. The monoisotopic (exact) mass is 475 g/mol. The average Bonchev–Trinajstić information content (AvgIpc) is 2.90. The fourth-order valence-electron chi connectivity index (χ4n) is 3.45. The number of ketones is 1. The molecule has 0 atom stereocenters. The molecule has 1 N–H and O–H groups in total. The highest BCUT2D eigenvalue weighted by molar-refractivity contribution is 6.14. The third-order valence-electron chi connectivity index (χ3n) is 5.10. The van der Waals surface area contributed by atoms with Crippen molar-refractivity contribution in [1.82, 2.24) is 0 Å². The maximum Gasteiger partial charge on any atom is 0.339 e. The Hall–Kier alpha value is -4.66. The Bertz CT molecular complexity index is 1300. The number of ether oxygens (including phenoxy) is 4. The molecular formula is C26H21NO8. The van der Waals surface area contributed by atoms with Gasteiger partial charge in [0.25, 0.3) is 5.91 Å². The van der Waals surface area contributed by atoms with Crippen LogP contribution in [-0.4, -0.2) is 50.6 Å². The molecule has 1 aliphatic rings. The summed E-state index contributed by atoms with van der Waals surface area (Å²) in [4.78, 5) is 49.8. The summed E-state index contributed by atoms with van der Waals surface area (Å²) in [5.74, 6) is -1.40. The van der Waals surface area contributed by atoms with Crippen LogP contribution in [0.5, 0.6) is 11.5 Å². The zero-order valence-electron chi connectivity index (χ0n) is 18.7. The Morgan fingerprint density at radius 1 is 0.800 bits per heavy atom. The number of anilines is 1. The normalized spacial score (nSPS) is 11.8. The summed E-state index contributed by atoms with van der Waals surface area (Å²) in [5.41, 5.74) is 1.06. The van der Waals surface area contributed by atoms with E-state index < -0.39 is 30.2 Å². The predicted molar refractivity (Wildman–Crippen MR) is 124 cm³/mol. The van der Waals surface area contributed by atoms with Gasteiger partial charge in [0, 0.05) is 16.8 Å². The second-order valence-corrected chi connectivity index (χ2v) is 7.43. The first-order valence-electron chi connectivity index (χ1n) is 10.6. The highest BCUT2D eigenvalue weighted by Crippen LogP contribution is 2.31. The largest absolute Gasteiger partial charge is 0.486 e. The zero-order valence-corrected chi connectivity index (χ0v) is 18.7. The van der Waals surface area contributed by atoms with Crippen LogP contribution in [0, 0.1) is 0 Å². The van der Waals surface area contributed by atoms with Crippen molar-refractivity contribution in [2.75, 3.05) is 32.2 Å². The molecule has 4 rings (SSSR count). The first-order chi connectivity index (χ1) is 17.0. The Balaban J connectivity index is 1.43. The SMILES string of the molecule is COC(=O)c1cccc(NC(=O)COC(=O)c2ccccc2C(=O)c2ccc3c(c2)OCCO3)c1. The molecule has 0 aromatic heterocycles. The number of benzene rings is 3. The molecule has 0 fully saturated rings. The number of nitrogens with one attached hydrogen (secondary N) is 1. The maximum absolute atomic E-state index is 13.1. The molecule has 9 nitrogen and oxygen atoms in total. The lowest BCUT2D eigenvalue weighted by atomic mass is 9.98. The van der Waals surface area contributed by atoms with E-state index in [-0.39, 0.29) is 16.7 Å². The number of rotatable bonds is 7. The van der Waals surface area contributed by atoms with Crippen molar-refractivity contribution in [3.63, 3.8) is 0 Å². The number of methoxy groups -OCH3 is 1. The molecule has 1 aliphatic heterocycles. The third kappa shape index (κ3) is 5.47. The van der Waals surface area contributed by atoms with Gasteiger partial charge < -0.3 is 24.3 Å². The molecule has 0 saturated carbocycles. The number of fused-ring (bicyclic) bond motifs is 1. The number of carbonyl (C=O) groups is 4. The highest BCUT2D eigenvalue weighted by Gasteiger charge is 2.22. The van der Waals surface area contributed by atoms with E-state index in [2.05, 4.69) is 10.1 Å². The van der Waals surface area contributed by atoms with E-state index in [0.29, 0.717) is 36.0 Å². The van der Waals surface area contributed by atoms with Crippen LogP contribution in [0.3, 0.4) is 0 Å². The van der Waals surface area contributed by atoms with Gasteiger partial charge in [-0.15, -0.1) is 0 Å². The summed E-state index contributed by atoms with van der Waals surface area (Å²) >= 11 is 0. The molecule has 0 radical (unpaired) electrons. The molecule has 1 amide bonds. The van der Waals surface area contributed by atoms with Gasteiger partial charge in [-0.3, -0.25) is 9.59 Å². The highest BCUT2D eigenvalue weighted by atomic mass is 16.6. The quantitative estimate of drug-likeness (QED) is 0.409. The van der Waals surface area contributed by atoms with Crippen molar-refractivity contribution in [3.8, 4) is 11.5 Å². The van der Waals surface area contributed by atoms with Gasteiger partial charge in [0.2, 0.25) is 0 Å². The molecule has 0 spiro atoms. The molecule has 0 bridgehead atoms. The van der Waals surface area contributed by atoms with Crippen LogP contribution in [0.15, 0.2) is 66.7 Å². The van der Waals surface area contributed by atoms with E-state index in [1.54, 1.807) is 42.5 Å². The van der Waals surface area contributed by atoms with E-state index in [4.69, 9.17) is 14.2 Å². The van der Waals surface area contributed by atoms with Crippen molar-refractivity contribution in [2.45, 2.75) is 0 Å². The average molecular weight is 475 g/mol. The zero-order chi connectivity index (χ0) is 24.8. The smallest absolute Gasteiger partial charge is 0.339 e. The van der Waals surface area contributed by atoms with Crippen LogP contribution < -0.4 is 14.8 Å². The lowest BCUT2D eigenvalue weighted by Crippen LogP contribution is -2.22. The van der Waals surface area contributed by atoms with Crippen LogP contribution in [0.4, 0.5) is 5.69 Å². The Labute approximate surface area is 200 Å². The minimum atomic E-state index is -0.829. The summed E-state index contributed by atoms with van der Waals surface area (Å²) in [5, 5.41) is 2.54. The summed E-state index contributed by atoms with van der Waals surface area (Å²) in [7, 11) is 1.25. The summed E-state index contributed by atoms with van der Waals surface area (Å²) in [6, 6.07) is 17.1. The molecule has 0 aliphatic carbocycles. The molecule has 35 heavy (non-hydrogen) atoms. The van der Waals surface area contributed by atoms with Crippen LogP contribution in [0.25, 0.3) is 0 Å². The van der Waals surface area contributed by atoms with Gasteiger partial charge in [0.15, 0.2) is 23.9 Å². The van der Waals surface area contributed by atoms with E-state index in [1.165, 1.54) is 31.4 Å². The Morgan fingerprint density at radius 2 is 1.54 bits per heavy atom. The first kappa shape index (κ1) is 23.5. The van der Waals surface area contributed by atoms with E-state index in [0.717, 1.165) is 0 Å². The molecule has 3 aromatic rings. The fourth-order valence-corrected chi connectivity index (χ4v) is 3.45. The molecule has 3 aromatic carbocycles. The number of carbonyl (C=O) groups excluding carboxylic acids is 4. The lowest BCUT2D eigenvalue weighted by Gasteiger charge is -2.18. The number of amides is 1. The second kappa shape index (κ2) is 10.5. The Kier molecular flexibility index (Phi) is 7.06. The van der Waals surface area contributed by atoms with Gasteiger partial charge in [0.05, 0.1) is 18.2 Å². The molecule has 0 saturated heterocycles. The van der Waals surface area contributed by atoms with Gasteiger partial charge in [-0.25, -0.2) is 9.59 Å². The van der Waals surface area contributed by atoms with Gasteiger partial charge in [-0.05, 0) is 42.5 Å². The van der Waals surface area contributed by atoms with Crippen molar-refractivity contribution in [2.24, 2.45) is 0 Å². The molecule has 1 heterocycles. The molecule has 178 valence electrons. The van der Waals surface area contributed by atoms with Crippen molar-refractivity contribution >= 4 is 29.3 Å². The summed E-state index contributed by atoms with van der Waals surface area (Å²) in [6.45, 7) is 0.218. The number of hydrogen-bond acceptors (Lipinski definition) is 8. The van der Waals surface area contributed by atoms with E-state index >= 15 is 0 Å². The number of hydrogen-bond donors (Lipinski definition) is 1. The van der Waals surface area contributed by atoms with Gasteiger partial charge in [-0.2, -0.15) is 0 Å². The van der Waals surface area contributed by atoms with Crippen molar-refractivity contribution in [3.05, 3.63) is 89.0 Å². The minimum absolute atomic E-state index is 0.0212. The van der Waals surface area contributed by atoms with Crippen molar-refractivity contribution < 1.29 is 38.1 Å². The van der Waals surface area contributed by atoms with Crippen LogP contribution in [0.1, 0.15) is 36.6 Å². The van der Waals surface area contributed by atoms with Crippen LogP contribution in [0.2, 0.25) is 0 Å². The molecule has 9 heteroatoms. The molecule has 0 unspecified atom stereocenters. The van der Waals surface area contributed by atoms with Crippen LogP contribution >= 0.6 is 0 Å². The fraction of sp³-hybridized carbons (Fsp3) is 0.154. The predicted octanol–water partition coefficient (Wildman–Crippen LogP) is 3.27. The first-order valence-corrected chi connectivity index (χ1v) is 10.6. The van der Waals surface area contributed by atoms with E-state index in [1.807, 2.05) is 0 Å².